The number of hydrogen-bond acceptors (Lipinski definition) is 5. The Kier molecular flexibility index (Phi) is 6.68. The number of anilines is 1. The molecule has 1 aromatic carbocycles. The zero-order valence-corrected chi connectivity index (χ0v) is 19.4. The molecule has 0 atom stereocenters. The Hall–Kier alpha value is -0.474. The van der Waals surface area contributed by atoms with Crippen molar-refractivity contribution in [3.8, 4) is 6.07 Å². The number of nitrogens with one attached hydrogen (secondary N) is 1. The van der Waals surface area contributed by atoms with Gasteiger partial charge in [0.15, 0.2) is 16.1 Å². The standard InChI is InChI=1S/C18H22N4O3S.K/c19-7-8-22-10-14(11-22)26(24,25)21-18(23)20-17-15-5-1-3-12(15)9-13-4-2-6-16(13)17;/h9,14H,1-6,8,10-11H2,(H2,20,21,23);/q;+1/p-1. The van der Waals surface area contributed by atoms with Crippen LogP contribution in [0.3, 0.4) is 0 Å². The first-order valence-corrected chi connectivity index (χ1v) is 10.5. The molecule has 7 nitrogen and oxygen atoms in total. The van der Waals surface area contributed by atoms with Crippen molar-refractivity contribution < 1.29 is 64.6 Å². The molecule has 1 aromatic rings. The monoisotopic (exact) mass is 412 g/mol. The molecule has 1 heterocycles. The first-order chi connectivity index (χ1) is 12.5. The van der Waals surface area contributed by atoms with Crippen molar-refractivity contribution >= 4 is 21.7 Å². The Morgan fingerprint density at radius 1 is 1.19 bits per heavy atom. The minimum Gasteiger partial charge on any atom is -0.423 e. The van der Waals surface area contributed by atoms with Gasteiger partial charge in [-0.2, -0.15) is 5.26 Å². The maximum absolute atomic E-state index is 12.4. The van der Waals surface area contributed by atoms with Crippen molar-refractivity contribution in [3.05, 3.63) is 33.0 Å². The topological polar surface area (TPSA) is 104 Å². The van der Waals surface area contributed by atoms with Gasteiger partial charge in [0.2, 0.25) is 0 Å². The molecular weight excluding hydrogens is 391 g/mol. The zero-order chi connectivity index (χ0) is 18.3. The van der Waals surface area contributed by atoms with Gasteiger partial charge >= 0.3 is 51.4 Å². The Balaban J connectivity index is 0.00000210. The van der Waals surface area contributed by atoms with E-state index in [1.807, 2.05) is 6.07 Å². The second-order valence-corrected chi connectivity index (χ2v) is 9.12. The third kappa shape index (κ3) is 4.27. The van der Waals surface area contributed by atoms with Crippen molar-refractivity contribution in [1.82, 2.24) is 4.90 Å². The number of fused-ring (bicyclic) bond motifs is 2. The van der Waals surface area contributed by atoms with Crippen LogP contribution >= 0.6 is 0 Å². The van der Waals surface area contributed by atoms with Crippen molar-refractivity contribution in [2.24, 2.45) is 0 Å². The summed E-state index contributed by atoms with van der Waals surface area (Å²) in [6, 6.07) is 3.43. The van der Waals surface area contributed by atoms with Crippen molar-refractivity contribution in [3.63, 3.8) is 0 Å². The fraction of sp³-hybridized carbons (Fsp3) is 0.556. The molecule has 1 aliphatic heterocycles. The predicted molar refractivity (Wildman–Crippen MR) is 97.6 cm³/mol. The van der Waals surface area contributed by atoms with Gasteiger partial charge < -0.3 is 10.0 Å². The number of hydrogen-bond donors (Lipinski definition) is 1. The molecule has 4 rings (SSSR count). The van der Waals surface area contributed by atoms with Gasteiger partial charge in [0.25, 0.3) is 0 Å². The molecular formula is C18H21KN4O3S. The largest absolute Gasteiger partial charge is 1.00 e. The number of sulfonamides is 1. The number of nitriles is 1. The van der Waals surface area contributed by atoms with Crippen LogP contribution in [0.5, 0.6) is 0 Å². The Morgan fingerprint density at radius 3 is 2.33 bits per heavy atom. The smallest absolute Gasteiger partial charge is 0.423 e. The van der Waals surface area contributed by atoms with Crippen LogP contribution in [-0.4, -0.2) is 44.2 Å². The molecule has 27 heavy (non-hydrogen) atoms. The minimum absolute atomic E-state index is 0. The Labute approximate surface area is 202 Å². The van der Waals surface area contributed by atoms with E-state index in [0.29, 0.717) is 0 Å². The first-order valence-electron chi connectivity index (χ1n) is 9.01. The fourth-order valence-corrected chi connectivity index (χ4v) is 5.45. The molecule has 9 heteroatoms. The van der Waals surface area contributed by atoms with Crippen LogP contribution in [0.15, 0.2) is 6.07 Å². The number of carbonyl (C=O) groups is 1. The second-order valence-electron chi connectivity index (χ2n) is 7.24. The van der Waals surface area contributed by atoms with E-state index in [1.165, 1.54) is 11.1 Å². The molecule has 0 bridgehead atoms. The van der Waals surface area contributed by atoms with E-state index >= 15 is 0 Å². The molecule has 0 spiro atoms. The summed E-state index contributed by atoms with van der Waals surface area (Å²) in [5, 5.41) is 10.7. The van der Waals surface area contributed by atoms with Gasteiger partial charge in [-0.25, -0.2) is 8.42 Å². The van der Waals surface area contributed by atoms with Gasteiger partial charge in [0.05, 0.1) is 17.9 Å². The van der Waals surface area contributed by atoms with Gasteiger partial charge in [-0.05, 0) is 66.5 Å². The molecule has 0 aromatic heterocycles. The molecule has 138 valence electrons. The van der Waals surface area contributed by atoms with E-state index < -0.39 is 21.3 Å². The molecule has 1 saturated heterocycles. The molecule has 1 N–H and O–H groups in total. The van der Waals surface area contributed by atoms with E-state index in [-0.39, 0.29) is 71.0 Å². The normalized spacial score (nSPS) is 18.6. The van der Waals surface area contributed by atoms with E-state index in [9.17, 15) is 13.2 Å². The molecule has 0 saturated carbocycles. The van der Waals surface area contributed by atoms with Crippen LogP contribution in [0.1, 0.15) is 35.1 Å². The first kappa shape index (κ1) is 21.2. The van der Waals surface area contributed by atoms with Crippen LogP contribution in [-0.2, 0) is 35.7 Å². The van der Waals surface area contributed by atoms with Crippen LogP contribution in [0.25, 0.3) is 4.72 Å². The number of nitrogens with zero attached hydrogens (tertiary/aromatic N) is 3. The summed E-state index contributed by atoms with van der Waals surface area (Å²) in [5.74, 6) is 0. The molecule has 1 fully saturated rings. The number of rotatable bonds is 4. The third-order valence-electron chi connectivity index (χ3n) is 5.55. The van der Waals surface area contributed by atoms with Crippen molar-refractivity contribution in [1.29, 1.82) is 5.26 Å². The van der Waals surface area contributed by atoms with Gasteiger partial charge in [-0.15, -0.1) is 0 Å². The maximum Gasteiger partial charge on any atom is 1.00 e. The average Bonchev–Trinajstić information content (AvgIpc) is 3.18. The fourth-order valence-electron chi connectivity index (χ4n) is 4.23. The number of likely N-dealkylation sites (tertiary alicyclic amines) is 1. The zero-order valence-electron chi connectivity index (χ0n) is 15.5. The number of benzene rings is 1. The molecule has 2 aliphatic carbocycles. The summed E-state index contributed by atoms with van der Waals surface area (Å²) in [6.45, 7) is 0.701. The SMILES string of the molecule is N#CCN1CC(S(=O)(=O)[N-]C(=O)Nc2c3c(cc4c2CCC4)CCC3)C1.[K+]. The van der Waals surface area contributed by atoms with Crippen molar-refractivity contribution in [2.45, 2.75) is 43.8 Å². The van der Waals surface area contributed by atoms with Crippen LogP contribution in [0.2, 0.25) is 0 Å². The number of aryl methyl sites for hydroxylation is 2. The molecule has 0 radical (unpaired) electrons. The summed E-state index contributed by atoms with van der Waals surface area (Å²) < 4.78 is 28.1. The minimum atomic E-state index is -3.86. The Bertz CT molecular complexity index is 872. The molecule has 2 amide bonds. The van der Waals surface area contributed by atoms with Gasteiger partial charge in [-0.3, -0.25) is 9.69 Å². The van der Waals surface area contributed by atoms with Gasteiger partial charge in [0.1, 0.15) is 0 Å². The predicted octanol–water partition coefficient (Wildman–Crippen LogP) is -0.889. The quantitative estimate of drug-likeness (QED) is 0.510. The second kappa shape index (κ2) is 8.49. The van der Waals surface area contributed by atoms with E-state index in [1.54, 1.807) is 4.90 Å². The van der Waals surface area contributed by atoms with Gasteiger partial charge in [0, 0.05) is 13.1 Å². The maximum atomic E-state index is 12.4. The van der Waals surface area contributed by atoms with Crippen LogP contribution < -0.4 is 56.7 Å². The summed E-state index contributed by atoms with van der Waals surface area (Å²) in [6.07, 6.45) is 5.98. The van der Waals surface area contributed by atoms with Crippen LogP contribution in [0, 0.1) is 11.3 Å². The van der Waals surface area contributed by atoms with E-state index in [4.69, 9.17) is 5.26 Å². The van der Waals surface area contributed by atoms with E-state index in [0.717, 1.165) is 55.3 Å². The average molecular weight is 413 g/mol. The Morgan fingerprint density at radius 2 is 1.78 bits per heavy atom. The molecule has 0 unspecified atom stereocenters. The van der Waals surface area contributed by atoms with Crippen molar-refractivity contribution in [2.75, 3.05) is 25.0 Å². The molecule has 3 aliphatic rings. The summed E-state index contributed by atoms with van der Waals surface area (Å²) in [5.41, 5.74) is 5.65. The number of amides is 2. The summed E-state index contributed by atoms with van der Waals surface area (Å²) in [7, 11) is -3.86. The number of carbonyl (C=O) groups excluding carboxylic acids is 1. The summed E-state index contributed by atoms with van der Waals surface area (Å²) >= 11 is 0. The van der Waals surface area contributed by atoms with E-state index in [2.05, 4.69) is 16.1 Å². The van der Waals surface area contributed by atoms with Crippen LogP contribution in [0.4, 0.5) is 10.5 Å². The van der Waals surface area contributed by atoms with Gasteiger partial charge in [-0.1, -0.05) is 6.07 Å². The number of urea groups is 1. The summed E-state index contributed by atoms with van der Waals surface area (Å²) in [4.78, 5) is 14.1. The third-order valence-corrected chi connectivity index (χ3v) is 7.12.